The summed E-state index contributed by atoms with van der Waals surface area (Å²) in [5.74, 6) is -0.0686. The first-order valence-electron chi connectivity index (χ1n) is 10.9. The molecule has 2 aliphatic rings. The van der Waals surface area contributed by atoms with Crippen molar-refractivity contribution in [2.24, 2.45) is 5.92 Å². The molecule has 0 atom stereocenters. The third kappa shape index (κ3) is 4.39. The number of ether oxygens (including phenoxy) is 1. The summed E-state index contributed by atoms with van der Waals surface area (Å²) < 4.78 is 19.2. The minimum atomic E-state index is -0.419. The Morgan fingerprint density at radius 2 is 1.53 bits per heavy atom. The third-order valence-electron chi connectivity index (χ3n) is 5.69. The van der Waals surface area contributed by atoms with Gasteiger partial charge in [0.1, 0.15) is 17.3 Å². The minimum absolute atomic E-state index is 0.361. The molecule has 0 saturated carbocycles. The lowest BCUT2D eigenvalue weighted by Gasteiger charge is -2.34. The average molecular weight is 438 g/mol. The van der Waals surface area contributed by atoms with Crippen molar-refractivity contribution >= 4 is 23.1 Å². The SMILES string of the molecule is CC(C)COc1ccc(C2=C(N3CCN(C)CC3)C(=O)N(c3ccc(F)cc3)C2=O)cc1. The lowest BCUT2D eigenvalue weighted by atomic mass is 10.0. The summed E-state index contributed by atoms with van der Waals surface area (Å²) in [6, 6.07) is 12.7. The van der Waals surface area contributed by atoms with Gasteiger partial charge >= 0.3 is 0 Å². The molecule has 2 heterocycles. The molecule has 0 radical (unpaired) electrons. The van der Waals surface area contributed by atoms with Gasteiger partial charge in [-0.15, -0.1) is 0 Å². The van der Waals surface area contributed by atoms with Gasteiger partial charge in [-0.2, -0.15) is 0 Å². The number of carbonyl (C=O) groups excluding carboxylic acids is 2. The van der Waals surface area contributed by atoms with E-state index in [1.165, 1.54) is 24.3 Å². The third-order valence-corrected chi connectivity index (χ3v) is 5.69. The van der Waals surface area contributed by atoms with Gasteiger partial charge in [-0.1, -0.05) is 26.0 Å². The van der Waals surface area contributed by atoms with Gasteiger partial charge in [0.25, 0.3) is 11.8 Å². The fraction of sp³-hybridized carbons (Fsp3) is 0.360. The number of piperazine rings is 1. The molecular weight excluding hydrogens is 409 g/mol. The molecule has 0 aromatic heterocycles. The smallest absolute Gasteiger partial charge is 0.282 e. The van der Waals surface area contributed by atoms with Gasteiger partial charge in [-0.05, 0) is 54.9 Å². The normalized spacial score (nSPS) is 17.7. The van der Waals surface area contributed by atoms with E-state index in [0.717, 1.165) is 23.7 Å². The van der Waals surface area contributed by atoms with Gasteiger partial charge in [0.05, 0.1) is 17.9 Å². The van der Waals surface area contributed by atoms with Crippen molar-refractivity contribution in [1.82, 2.24) is 9.80 Å². The van der Waals surface area contributed by atoms with E-state index in [1.54, 1.807) is 0 Å². The molecule has 1 fully saturated rings. The molecule has 0 N–H and O–H groups in total. The Balaban J connectivity index is 1.71. The summed E-state index contributed by atoms with van der Waals surface area (Å²) in [6.45, 7) is 7.67. The molecule has 0 unspecified atom stereocenters. The van der Waals surface area contributed by atoms with Gasteiger partial charge in [-0.25, -0.2) is 9.29 Å². The van der Waals surface area contributed by atoms with Crippen LogP contribution in [0.15, 0.2) is 54.2 Å². The van der Waals surface area contributed by atoms with Crippen LogP contribution in [0.5, 0.6) is 5.75 Å². The summed E-state index contributed by atoms with van der Waals surface area (Å²) in [4.78, 5) is 32.3. The van der Waals surface area contributed by atoms with Crippen molar-refractivity contribution in [2.75, 3.05) is 44.7 Å². The van der Waals surface area contributed by atoms with Gasteiger partial charge in [-0.3, -0.25) is 9.59 Å². The highest BCUT2D eigenvalue weighted by molar-refractivity contribution is 6.45. The number of rotatable bonds is 6. The summed E-state index contributed by atoms with van der Waals surface area (Å²) in [6.07, 6.45) is 0. The zero-order chi connectivity index (χ0) is 22.8. The predicted molar refractivity (Wildman–Crippen MR) is 122 cm³/mol. The molecule has 7 heteroatoms. The lowest BCUT2D eigenvalue weighted by molar-refractivity contribution is -0.120. The van der Waals surface area contributed by atoms with Crippen LogP contribution in [0.1, 0.15) is 19.4 Å². The van der Waals surface area contributed by atoms with Crippen LogP contribution in [0.2, 0.25) is 0 Å². The predicted octanol–water partition coefficient (Wildman–Crippen LogP) is 3.39. The Labute approximate surface area is 187 Å². The van der Waals surface area contributed by atoms with Crippen LogP contribution in [0, 0.1) is 11.7 Å². The maximum absolute atomic E-state index is 13.5. The van der Waals surface area contributed by atoms with E-state index in [0.29, 0.717) is 48.1 Å². The highest BCUT2D eigenvalue weighted by atomic mass is 19.1. The second-order valence-corrected chi connectivity index (χ2v) is 8.67. The molecule has 0 aliphatic carbocycles. The summed E-state index contributed by atoms with van der Waals surface area (Å²) in [5.41, 5.74) is 1.81. The Hall–Kier alpha value is -3.19. The summed E-state index contributed by atoms with van der Waals surface area (Å²) in [7, 11) is 2.04. The molecule has 2 aromatic carbocycles. The van der Waals surface area contributed by atoms with Crippen molar-refractivity contribution < 1.29 is 18.7 Å². The molecule has 1 saturated heterocycles. The van der Waals surface area contributed by atoms with Crippen LogP contribution in [-0.2, 0) is 9.59 Å². The number of halogens is 1. The van der Waals surface area contributed by atoms with Crippen LogP contribution in [0.3, 0.4) is 0 Å². The second kappa shape index (κ2) is 9.12. The van der Waals surface area contributed by atoms with E-state index in [-0.39, 0.29) is 5.91 Å². The van der Waals surface area contributed by atoms with Crippen molar-refractivity contribution in [3.63, 3.8) is 0 Å². The number of carbonyl (C=O) groups is 2. The summed E-state index contributed by atoms with van der Waals surface area (Å²) in [5, 5.41) is 0. The zero-order valence-electron chi connectivity index (χ0n) is 18.7. The number of benzene rings is 2. The van der Waals surface area contributed by atoms with E-state index >= 15 is 0 Å². The first kappa shape index (κ1) is 22.0. The van der Waals surface area contributed by atoms with Crippen LogP contribution < -0.4 is 9.64 Å². The largest absolute Gasteiger partial charge is 0.493 e. The monoisotopic (exact) mass is 437 g/mol. The molecule has 2 aromatic rings. The number of hydrogen-bond acceptors (Lipinski definition) is 5. The Morgan fingerprint density at radius 1 is 0.906 bits per heavy atom. The van der Waals surface area contributed by atoms with Crippen LogP contribution in [0.4, 0.5) is 10.1 Å². The molecule has 2 aliphatic heterocycles. The maximum Gasteiger partial charge on any atom is 0.282 e. The molecule has 4 rings (SSSR count). The second-order valence-electron chi connectivity index (χ2n) is 8.67. The first-order chi connectivity index (χ1) is 15.3. The molecule has 0 bridgehead atoms. The van der Waals surface area contributed by atoms with E-state index in [2.05, 4.69) is 18.7 Å². The average Bonchev–Trinajstić information content (AvgIpc) is 3.04. The first-order valence-corrected chi connectivity index (χ1v) is 10.9. The van der Waals surface area contributed by atoms with Crippen molar-refractivity contribution in [1.29, 1.82) is 0 Å². The number of anilines is 1. The van der Waals surface area contributed by atoms with Gasteiger partial charge in [0, 0.05) is 26.2 Å². The minimum Gasteiger partial charge on any atom is -0.493 e. The van der Waals surface area contributed by atoms with Gasteiger partial charge < -0.3 is 14.5 Å². The van der Waals surface area contributed by atoms with Crippen molar-refractivity contribution in [3.8, 4) is 5.75 Å². The maximum atomic E-state index is 13.5. The summed E-state index contributed by atoms with van der Waals surface area (Å²) >= 11 is 0. The van der Waals surface area contributed by atoms with Crippen molar-refractivity contribution in [3.05, 3.63) is 65.6 Å². The number of hydrogen-bond donors (Lipinski definition) is 0. The highest BCUT2D eigenvalue weighted by Gasteiger charge is 2.42. The lowest BCUT2D eigenvalue weighted by Crippen LogP contribution is -2.46. The molecule has 32 heavy (non-hydrogen) atoms. The molecular formula is C25H28FN3O3. The quantitative estimate of drug-likeness (QED) is 0.649. The number of likely N-dealkylation sites (N-methyl/N-ethyl adjacent to an activating group) is 1. The van der Waals surface area contributed by atoms with Gasteiger partial charge in [0.2, 0.25) is 0 Å². The van der Waals surface area contributed by atoms with Crippen molar-refractivity contribution in [2.45, 2.75) is 13.8 Å². The molecule has 6 nitrogen and oxygen atoms in total. The van der Waals surface area contributed by atoms with Crippen LogP contribution in [0.25, 0.3) is 5.57 Å². The Kier molecular flexibility index (Phi) is 6.28. The van der Waals surface area contributed by atoms with Crippen LogP contribution >= 0.6 is 0 Å². The molecule has 0 spiro atoms. The molecule has 2 amide bonds. The van der Waals surface area contributed by atoms with E-state index < -0.39 is 11.7 Å². The van der Waals surface area contributed by atoms with E-state index in [1.807, 2.05) is 36.2 Å². The Bertz CT molecular complexity index is 1020. The number of imide groups is 1. The number of nitrogens with zero attached hydrogens (tertiary/aromatic N) is 3. The van der Waals surface area contributed by atoms with Crippen LogP contribution in [-0.4, -0.2) is 61.4 Å². The molecule has 168 valence electrons. The van der Waals surface area contributed by atoms with E-state index in [4.69, 9.17) is 4.74 Å². The number of amides is 2. The standard InChI is InChI=1S/C25H28FN3O3/c1-17(2)16-32-21-10-4-18(5-11-21)22-23(28-14-12-27(3)13-15-28)25(31)29(24(22)30)20-8-6-19(26)7-9-20/h4-11,17H,12-16H2,1-3H3. The topological polar surface area (TPSA) is 53.1 Å². The highest BCUT2D eigenvalue weighted by Crippen LogP contribution is 2.35. The van der Waals surface area contributed by atoms with Gasteiger partial charge in [0.15, 0.2) is 0 Å². The Morgan fingerprint density at radius 3 is 2.12 bits per heavy atom. The fourth-order valence-corrected chi connectivity index (χ4v) is 3.91. The zero-order valence-corrected chi connectivity index (χ0v) is 18.7. The van der Waals surface area contributed by atoms with E-state index in [9.17, 15) is 14.0 Å². The fourth-order valence-electron chi connectivity index (χ4n) is 3.91.